The fraction of sp³-hybridized carbons (Fsp3) is 0.682. The average molecular weight is 370 g/mol. The number of fused-ring (bicyclic) bond motifs is 1. The molecule has 2 bridgehead atoms. The molecule has 5 rings (SSSR count). The highest BCUT2D eigenvalue weighted by Crippen LogP contribution is 2.55. The summed E-state index contributed by atoms with van der Waals surface area (Å²) in [5, 5.41) is 3.11. The largest absolute Gasteiger partial charge is 0.484 e. The highest BCUT2D eigenvalue weighted by molar-refractivity contribution is 5.77. The molecule has 5 nitrogen and oxygen atoms in total. The molecule has 0 unspecified atom stereocenters. The van der Waals surface area contributed by atoms with Gasteiger partial charge in [-0.05, 0) is 50.2 Å². The summed E-state index contributed by atoms with van der Waals surface area (Å²) in [5.74, 6) is 2.69. The number of amides is 1. The van der Waals surface area contributed by atoms with Crippen LogP contribution in [0.1, 0.15) is 31.2 Å². The third-order valence-electron chi connectivity index (χ3n) is 7.05. The van der Waals surface area contributed by atoms with Gasteiger partial charge in [0.1, 0.15) is 5.75 Å². The molecule has 3 saturated heterocycles. The molecule has 146 valence electrons. The summed E-state index contributed by atoms with van der Waals surface area (Å²) in [5.41, 5.74) is 1.13. The van der Waals surface area contributed by atoms with Gasteiger partial charge in [-0.25, -0.2) is 0 Å². The predicted molar refractivity (Wildman–Crippen MR) is 103 cm³/mol. The van der Waals surface area contributed by atoms with Crippen molar-refractivity contribution < 1.29 is 14.3 Å². The Morgan fingerprint density at radius 3 is 3.00 bits per heavy atom. The lowest BCUT2D eigenvalue weighted by atomic mass is 9.73. The van der Waals surface area contributed by atoms with Crippen LogP contribution in [-0.2, 0) is 9.53 Å². The molecule has 1 amide bonds. The average Bonchev–Trinajstić information content (AvgIpc) is 3.15. The number of aryl methyl sites for hydroxylation is 1. The predicted octanol–water partition coefficient (Wildman–Crippen LogP) is 2.38. The number of hydrogen-bond acceptors (Lipinski definition) is 4. The Morgan fingerprint density at radius 2 is 2.19 bits per heavy atom. The summed E-state index contributed by atoms with van der Waals surface area (Å²) in [6.45, 7) is 6.28. The van der Waals surface area contributed by atoms with E-state index in [1.54, 1.807) is 0 Å². The zero-order valence-electron chi connectivity index (χ0n) is 16.2. The summed E-state index contributed by atoms with van der Waals surface area (Å²) >= 11 is 0. The van der Waals surface area contributed by atoms with E-state index in [4.69, 9.17) is 9.47 Å². The molecule has 1 aliphatic carbocycles. The van der Waals surface area contributed by atoms with E-state index in [9.17, 15) is 4.79 Å². The number of hydrogen-bond donors (Lipinski definition) is 1. The normalized spacial score (nSPS) is 34.6. The van der Waals surface area contributed by atoms with Crippen molar-refractivity contribution in [2.75, 3.05) is 32.8 Å². The minimum atomic E-state index is -0.0390. The van der Waals surface area contributed by atoms with Crippen LogP contribution in [0, 0.1) is 24.7 Å². The molecule has 0 aromatic heterocycles. The van der Waals surface area contributed by atoms with Gasteiger partial charge in [0, 0.05) is 38.0 Å². The summed E-state index contributed by atoms with van der Waals surface area (Å²) in [6.07, 6.45) is 5.48. The highest BCUT2D eigenvalue weighted by atomic mass is 16.5. The number of rotatable bonds is 7. The van der Waals surface area contributed by atoms with Crippen LogP contribution in [0.5, 0.6) is 5.75 Å². The Kier molecular flexibility index (Phi) is 4.40. The van der Waals surface area contributed by atoms with E-state index in [2.05, 4.69) is 10.2 Å². The quantitative estimate of drug-likeness (QED) is 0.801. The van der Waals surface area contributed by atoms with E-state index >= 15 is 0 Å². The molecule has 5 heteroatoms. The van der Waals surface area contributed by atoms with Crippen LogP contribution in [-0.4, -0.2) is 55.3 Å². The first-order valence-electron chi connectivity index (χ1n) is 10.5. The van der Waals surface area contributed by atoms with Gasteiger partial charge in [0.15, 0.2) is 6.61 Å². The fourth-order valence-electron chi connectivity index (χ4n) is 5.51. The van der Waals surface area contributed by atoms with Crippen molar-refractivity contribution in [3.63, 3.8) is 0 Å². The van der Waals surface area contributed by atoms with Crippen molar-refractivity contribution in [1.82, 2.24) is 10.2 Å². The van der Waals surface area contributed by atoms with Crippen molar-refractivity contribution in [2.45, 2.75) is 44.3 Å². The van der Waals surface area contributed by atoms with Gasteiger partial charge in [-0.3, -0.25) is 9.69 Å². The van der Waals surface area contributed by atoms with Crippen LogP contribution in [0.25, 0.3) is 0 Å². The molecule has 27 heavy (non-hydrogen) atoms. The standard InChI is InChI=1S/C22H30N2O3/c1-15-4-2-3-5-19(15)26-13-21(25)23-10-17-18-12-24(11-16-6-7-16)14-22(18)9-8-20(17)27-22/h2-5,16-18,20H,6-14H2,1H3,(H,23,25)/t17-,18+,20+,22+/m0/s1. The van der Waals surface area contributed by atoms with Crippen molar-refractivity contribution in [2.24, 2.45) is 17.8 Å². The van der Waals surface area contributed by atoms with Gasteiger partial charge < -0.3 is 14.8 Å². The molecule has 4 aliphatic rings. The lowest BCUT2D eigenvalue weighted by Crippen LogP contribution is -2.42. The summed E-state index contributed by atoms with van der Waals surface area (Å²) < 4.78 is 12.2. The van der Waals surface area contributed by atoms with E-state index in [0.717, 1.165) is 36.7 Å². The molecule has 4 fully saturated rings. The first-order chi connectivity index (χ1) is 13.1. The minimum Gasteiger partial charge on any atom is -0.484 e. The summed E-state index contributed by atoms with van der Waals surface area (Å²) in [4.78, 5) is 14.9. The number of carbonyl (C=O) groups excluding carboxylic acids is 1. The van der Waals surface area contributed by atoms with Crippen LogP contribution in [0.2, 0.25) is 0 Å². The number of para-hydroxylation sites is 1. The highest BCUT2D eigenvalue weighted by Gasteiger charge is 2.62. The second kappa shape index (κ2) is 6.78. The topological polar surface area (TPSA) is 50.8 Å². The van der Waals surface area contributed by atoms with Crippen molar-refractivity contribution in [1.29, 1.82) is 0 Å². The minimum absolute atomic E-state index is 0.0390. The molecule has 3 aliphatic heterocycles. The van der Waals surface area contributed by atoms with Gasteiger partial charge in [-0.15, -0.1) is 0 Å². The summed E-state index contributed by atoms with van der Waals surface area (Å²) in [6, 6.07) is 7.80. The summed E-state index contributed by atoms with van der Waals surface area (Å²) in [7, 11) is 0. The van der Waals surface area contributed by atoms with Crippen LogP contribution in [0.4, 0.5) is 0 Å². The van der Waals surface area contributed by atoms with Gasteiger partial charge in [0.2, 0.25) is 0 Å². The maximum atomic E-state index is 12.3. The van der Waals surface area contributed by atoms with Crippen LogP contribution >= 0.6 is 0 Å². The first kappa shape index (κ1) is 17.5. The zero-order valence-corrected chi connectivity index (χ0v) is 16.2. The van der Waals surface area contributed by atoms with Gasteiger partial charge in [0.25, 0.3) is 5.91 Å². The van der Waals surface area contributed by atoms with E-state index in [-0.39, 0.29) is 18.1 Å². The SMILES string of the molecule is Cc1ccccc1OCC(=O)NC[C@H]1[C@H]2CN(CC3CC3)C[C@]23CC[C@H]1O3. The van der Waals surface area contributed by atoms with E-state index in [1.165, 1.54) is 25.8 Å². The Morgan fingerprint density at radius 1 is 1.33 bits per heavy atom. The Balaban J connectivity index is 1.14. The monoisotopic (exact) mass is 370 g/mol. The first-order valence-corrected chi connectivity index (χ1v) is 10.5. The van der Waals surface area contributed by atoms with Crippen LogP contribution in [0.3, 0.4) is 0 Å². The van der Waals surface area contributed by atoms with E-state index in [0.29, 0.717) is 24.5 Å². The van der Waals surface area contributed by atoms with Gasteiger partial charge in [-0.1, -0.05) is 18.2 Å². The van der Waals surface area contributed by atoms with Crippen molar-refractivity contribution >= 4 is 5.91 Å². The molecule has 4 atom stereocenters. The number of benzene rings is 1. The number of carbonyl (C=O) groups is 1. The molecule has 0 radical (unpaired) electrons. The second-order valence-electron chi connectivity index (χ2n) is 9.03. The third-order valence-corrected chi connectivity index (χ3v) is 7.05. The lowest BCUT2D eigenvalue weighted by Gasteiger charge is -2.29. The lowest BCUT2D eigenvalue weighted by molar-refractivity contribution is -0.123. The number of likely N-dealkylation sites (tertiary alicyclic amines) is 1. The van der Waals surface area contributed by atoms with Crippen molar-refractivity contribution in [3.8, 4) is 5.75 Å². The van der Waals surface area contributed by atoms with Gasteiger partial charge >= 0.3 is 0 Å². The van der Waals surface area contributed by atoms with Crippen LogP contribution in [0.15, 0.2) is 24.3 Å². The second-order valence-corrected chi connectivity index (χ2v) is 9.03. The molecule has 1 saturated carbocycles. The Bertz CT molecular complexity index is 719. The smallest absolute Gasteiger partial charge is 0.257 e. The zero-order chi connectivity index (χ0) is 18.4. The van der Waals surface area contributed by atoms with Gasteiger partial charge in [-0.2, -0.15) is 0 Å². The fourth-order valence-corrected chi connectivity index (χ4v) is 5.51. The molecular weight excluding hydrogens is 340 g/mol. The number of ether oxygens (including phenoxy) is 2. The van der Waals surface area contributed by atoms with Gasteiger partial charge in [0.05, 0.1) is 11.7 Å². The molecule has 3 heterocycles. The third kappa shape index (κ3) is 3.36. The molecule has 1 aromatic rings. The van der Waals surface area contributed by atoms with Crippen molar-refractivity contribution in [3.05, 3.63) is 29.8 Å². The number of nitrogens with zero attached hydrogens (tertiary/aromatic N) is 1. The molecule has 1 aromatic carbocycles. The number of nitrogens with one attached hydrogen (secondary N) is 1. The molecule has 1 spiro atoms. The maximum absolute atomic E-state index is 12.3. The van der Waals surface area contributed by atoms with E-state index in [1.807, 2.05) is 31.2 Å². The van der Waals surface area contributed by atoms with E-state index < -0.39 is 0 Å². The molecular formula is C22H30N2O3. The molecule has 1 N–H and O–H groups in total. The Hall–Kier alpha value is -1.59. The van der Waals surface area contributed by atoms with Crippen LogP contribution < -0.4 is 10.1 Å². The maximum Gasteiger partial charge on any atom is 0.257 e. The Labute approximate surface area is 161 Å².